The molecule has 0 saturated heterocycles. The summed E-state index contributed by atoms with van der Waals surface area (Å²) >= 11 is 0. The quantitative estimate of drug-likeness (QED) is 0.0533. The average molecular weight is 1470 g/mol. The lowest BCUT2D eigenvalue weighted by molar-refractivity contribution is 0.365. The van der Waals surface area contributed by atoms with Gasteiger partial charge in [-0.2, -0.15) is 0 Å². The first-order chi connectivity index (χ1) is 52.3. The molecule has 632 valence electrons. The van der Waals surface area contributed by atoms with Crippen LogP contribution in [0.15, 0.2) is 0 Å². The van der Waals surface area contributed by atoms with Crippen LogP contribution in [0.25, 0.3) is 0 Å². The van der Waals surface area contributed by atoms with Crippen molar-refractivity contribution in [3.63, 3.8) is 0 Å². The maximum absolute atomic E-state index is 2.32. The van der Waals surface area contributed by atoms with E-state index in [0.717, 1.165) is 5.92 Å². The van der Waals surface area contributed by atoms with Crippen LogP contribution in [0.1, 0.15) is 669 Å². The number of hydrogen-bond acceptors (Lipinski definition) is 0. The van der Waals surface area contributed by atoms with Crippen molar-refractivity contribution in [2.75, 3.05) is 0 Å². The zero-order valence-electron chi connectivity index (χ0n) is 75.0. The van der Waals surface area contributed by atoms with Crippen LogP contribution >= 0.6 is 0 Å². The summed E-state index contributed by atoms with van der Waals surface area (Å²) in [6, 6.07) is 0. The fourth-order valence-corrected chi connectivity index (χ4v) is 18.2. The van der Waals surface area contributed by atoms with Crippen molar-refractivity contribution < 1.29 is 0 Å². The predicted molar refractivity (Wildman–Crippen MR) is 487 cm³/mol. The highest BCUT2D eigenvalue weighted by atomic mass is 14.2. The van der Waals surface area contributed by atoms with Crippen LogP contribution in [-0.2, 0) is 0 Å². The number of hydrogen-bond donors (Lipinski definition) is 0. The molecule has 0 aliphatic rings. The molecule has 0 N–H and O–H groups in total. The minimum Gasteiger partial charge on any atom is -0.0654 e. The lowest BCUT2D eigenvalue weighted by atomic mass is 9.89. The lowest BCUT2D eigenvalue weighted by Crippen LogP contribution is -2.01. The van der Waals surface area contributed by atoms with E-state index in [0.29, 0.717) is 0 Å². The molecule has 0 spiro atoms. The van der Waals surface area contributed by atoms with Crippen molar-refractivity contribution in [1.29, 1.82) is 0 Å². The van der Waals surface area contributed by atoms with Crippen LogP contribution in [0.3, 0.4) is 0 Å². The van der Waals surface area contributed by atoms with Gasteiger partial charge >= 0.3 is 0 Å². The molecule has 0 aromatic rings. The first kappa shape index (κ1) is 105. The van der Waals surface area contributed by atoms with Gasteiger partial charge in [-0.25, -0.2) is 0 Å². The summed E-state index contributed by atoms with van der Waals surface area (Å²) in [5.74, 6) is 1.02. The van der Waals surface area contributed by atoms with Gasteiger partial charge in [0, 0.05) is 0 Å². The minimum absolute atomic E-state index is 1.02. The fourth-order valence-electron chi connectivity index (χ4n) is 18.2. The van der Waals surface area contributed by atoms with E-state index in [1.165, 1.54) is 629 Å². The molecule has 1 unspecified atom stereocenters. The van der Waals surface area contributed by atoms with Crippen molar-refractivity contribution in [3.8, 4) is 0 Å². The van der Waals surface area contributed by atoms with Gasteiger partial charge in [-0.3, -0.25) is 0 Å². The zero-order chi connectivity index (χ0) is 75.0. The molecule has 0 aromatic carbocycles. The molecular weight excluding hydrogens is 1260 g/mol. The Labute approximate surface area is 671 Å². The van der Waals surface area contributed by atoms with Gasteiger partial charge in [0.2, 0.25) is 0 Å². The monoisotopic (exact) mass is 1470 g/mol. The second kappa shape index (κ2) is 102. The zero-order valence-corrected chi connectivity index (χ0v) is 75.0. The summed E-state index contributed by atoms with van der Waals surface area (Å²) in [7, 11) is 0. The summed E-state index contributed by atoms with van der Waals surface area (Å²) in [6.07, 6.45) is 151. The van der Waals surface area contributed by atoms with Crippen LogP contribution in [0.2, 0.25) is 0 Å². The van der Waals surface area contributed by atoms with Gasteiger partial charge in [-0.15, -0.1) is 0 Å². The Bertz CT molecular complexity index is 1390. The Kier molecular flexibility index (Phi) is 102. The molecule has 0 rings (SSSR count). The van der Waals surface area contributed by atoms with Crippen molar-refractivity contribution >= 4 is 0 Å². The van der Waals surface area contributed by atoms with E-state index in [4.69, 9.17) is 0 Å². The van der Waals surface area contributed by atoms with Crippen molar-refractivity contribution in [2.24, 2.45) is 5.92 Å². The van der Waals surface area contributed by atoms with Crippen LogP contribution in [0, 0.1) is 5.92 Å². The van der Waals surface area contributed by atoms with Gasteiger partial charge in [-0.1, -0.05) is 669 Å². The largest absolute Gasteiger partial charge is 0.0654 e. The third-order valence-electron chi connectivity index (χ3n) is 25.9. The Morgan fingerprint density at radius 1 is 0.0762 bits per heavy atom. The molecule has 0 aliphatic carbocycles. The molecule has 0 heterocycles. The summed E-state index contributed by atoms with van der Waals surface area (Å²) in [5.41, 5.74) is 0. The van der Waals surface area contributed by atoms with Gasteiger partial charge < -0.3 is 0 Å². The van der Waals surface area contributed by atoms with Crippen molar-refractivity contribution in [3.05, 3.63) is 0 Å². The highest BCUT2D eigenvalue weighted by Crippen LogP contribution is 2.27. The van der Waals surface area contributed by atoms with E-state index >= 15 is 0 Å². The van der Waals surface area contributed by atoms with E-state index in [9.17, 15) is 0 Å². The van der Waals surface area contributed by atoms with E-state index in [2.05, 4.69) is 20.8 Å². The standard InChI is InChI=1S/C105H212/c1-4-7-10-13-16-19-22-25-28-31-34-37-40-43-46-48-50-52-53-54-55-56-58-60-62-65-68-71-74-77-80-83-86-89-92-95-98-101-104-105(102-99-96-93-90-87-84-81-78-75-72-69-66-63-45-42-39-36-33-30-27-24-21-18-15-12-9-6-3)103-100-97-94-91-88-85-82-79-76-73-70-67-64-61-59-57-51-49-47-44-41-38-35-32-29-26-23-20-17-14-11-8-5-2/h105H,4-104H2,1-3H3. The van der Waals surface area contributed by atoms with Gasteiger partial charge in [0.25, 0.3) is 0 Å². The molecule has 1 atom stereocenters. The Morgan fingerprint density at radius 2 is 0.133 bits per heavy atom. The maximum atomic E-state index is 2.32. The van der Waals surface area contributed by atoms with Crippen LogP contribution in [-0.4, -0.2) is 0 Å². The second-order valence-corrected chi connectivity index (χ2v) is 36.8. The molecule has 105 heavy (non-hydrogen) atoms. The highest BCUT2D eigenvalue weighted by molar-refractivity contribution is 4.64. The van der Waals surface area contributed by atoms with Crippen molar-refractivity contribution in [2.45, 2.75) is 669 Å². The smallest absolute Gasteiger partial charge is 0.0414 e. The normalized spacial score (nSPS) is 12.1. The van der Waals surface area contributed by atoms with E-state index in [1.807, 2.05) is 0 Å². The molecule has 0 bridgehead atoms. The molecule has 0 amide bonds. The lowest BCUT2D eigenvalue weighted by Gasteiger charge is -2.17. The molecule has 0 aromatic heterocycles. The highest BCUT2D eigenvalue weighted by Gasteiger charge is 2.10. The molecular formula is C105H212. The van der Waals surface area contributed by atoms with E-state index in [1.54, 1.807) is 19.3 Å². The maximum Gasteiger partial charge on any atom is -0.0414 e. The van der Waals surface area contributed by atoms with Crippen LogP contribution in [0.5, 0.6) is 0 Å². The molecule has 0 aliphatic heterocycles. The summed E-state index contributed by atoms with van der Waals surface area (Å²) in [6.45, 7) is 6.97. The summed E-state index contributed by atoms with van der Waals surface area (Å²) in [5, 5.41) is 0. The number of unbranched alkanes of at least 4 members (excludes halogenated alkanes) is 95. The third kappa shape index (κ3) is 100. The third-order valence-corrected chi connectivity index (χ3v) is 25.9. The van der Waals surface area contributed by atoms with E-state index in [-0.39, 0.29) is 0 Å². The second-order valence-electron chi connectivity index (χ2n) is 36.8. The Hall–Kier alpha value is 0. The molecule has 0 saturated carbocycles. The average Bonchev–Trinajstić information content (AvgIpc) is 2.32. The van der Waals surface area contributed by atoms with Gasteiger partial charge in [-0.05, 0) is 5.92 Å². The minimum atomic E-state index is 1.02. The predicted octanol–water partition coefficient (Wildman–Crippen LogP) is 41.1. The van der Waals surface area contributed by atoms with E-state index < -0.39 is 0 Å². The van der Waals surface area contributed by atoms with Crippen LogP contribution in [0.4, 0.5) is 0 Å². The van der Waals surface area contributed by atoms with Gasteiger partial charge in [0.05, 0.1) is 0 Å². The molecule has 0 radical (unpaired) electrons. The summed E-state index contributed by atoms with van der Waals surface area (Å²) < 4.78 is 0. The summed E-state index contributed by atoms with van der Waals surface area (Å²) in [4.78, 5) is 0. The van der Waals surface area contributed by atoms with Crippen molar-refractivity contribution in [1.82, 2.24) is 0 Å². The molecule has 0 nitrogen and oxygen atoms in total. The topological polar surface area (TPSA) is 0 Å². The molecule has 0 heteroatoms. The Balaban J connectivity index is 3.99. The van der Waals surface area contributed by atoms with Crippen LogP contribution < -0.4 is 0 Å². The molecule has 0 fully saturated rings. The number of rotatable bonds is 101. The fraction of sp³-hybridized carbons (Fsp3) is 1.00. The Morgan fingerprint density at radius 3 is 0.200 bits per heavy atom. The first-order valence-electron chi connectivity index (χ1n) is 52.3. The van der Waals surface area contributed by atoms with Gasteiger partial charge in [0.1, 0.15) is 0 Å². The first-order valence-corrected chi connectivity index (χ1v) is 52.3. The SMILES string of the molecule is CCCCCCCCCCCCCCCCCCCCCCCCCCCCCCCCCCCCCCCCC(CCCCCCCCCCCCCCCCCCCCCCCCCCCCC)CCCCCCCCCCCCCCCCCCCCCCCCCCCCCCCCCCC. The van der Waals surface area contributed by atoms with Gasteiger partial charge in [0.15, 0.2) is 0 Å².